The van der Waals surface area contributed by atoms with Gasteiger partial charge in [-0.3, -0.25) is 19.4 Å². The van der Waals surface area contributed by atoms with Gasteiger partial charge in [0.15, 0.2) is 0 Å². The van der Waals surface area contributed by atoms with Gasteiger partial charge in [-0.05, 0) is 56.6 Å². The molecule has 1 fully saturated rings. The van der Waals surface area contributed by atoms with Crippen molar-refractivity contribution >= 4 is 27.5 Å². The summed E-state index contributed by atoms with van der Waals surface area (Å²) in [4.78, 5) is 21.8. The molecule has 9 heteroatoms. The van der Waals surface area contributed by atoms with Crippen LogP contribution < -0.4 is 14.9 Å². The Morgan fingerprint density at radius 2 is 1.88 bits per heavy atom. The van der Waals surface area contributed by atoms with Crippen LogP contribution in [0.5, 0.6) is 0 Å². The Morgan fingerprint density at radius 1 is 1.12 bits per heavy atom. The van der Waals surface area contributed by atoms with Crippen LogP contribution in [0.25, 0.3) is 0 Å². The van der Waals surface area contributed by atoms with E-state index in [1.54, 1.807) is 25.1 Å². The summed E-state index contributed by atoms with van der Waals surface area (Å²) >= 11 is 0. The third-order valence-corrected chi connectivity index (χ3v) is 7.45. The van der Waals surface area contributed by atoms with Crippen molar-refractivity contribution in [3.63, 3.8) is 0 Å². The van der Waals surface area contributed by atoms with E-state index in [1.807, 2.05) is 0 Å². The van der Waals surface area contributed by atoms with Gasteiger partial charge >= 0.3 is 0 Å². The van der Waals surface area contributed by atoms with E-state index in [2.05, 4.69) is 56.0 Å². The number of rotatable bonds is 7. The van der Waals surface area contributed by atoms with Crippen molar-refractivity contribution in [3.8, 4) is 0 Å². The number of amides is 1. The van der Waals surface area contributed by atoms with Crippen LogP contribution in [0.3, 0.4) is 0 Å². The van der Waals surface area contributed by atoms with Crippen molar-refractivity contribution in [1.82, 2.24) is 14.9 Å². The number of amidine groups is 1. The maximum Gasteiger partial charge on any atom is 0.263 e. The van der Waals surface area contributed by atoms with E-state index in [9.17, 15) is 13.2 Å². The quantitative estimate of drug-likeness (QED) is 0.603. The molecule has 2 aromatic rings. The number of hydrogen-bond donors (Lipinski definition) is 2. The average molecular weight is 470 g/mol. The first-order valence-corrected chi connectivity index (χ1v) is 12.8. The second kappa shape index (κ2) is 9.93. The van der Waals surface area contributed by atoms with E-state index in [4.69, 9.17) is 0 Å². The van der Waals surface area contributed by atoms with Gasteiger partial charge in [0.25, 0.3) is 10.0 Å². The highest BCUT2D eigenvalue weighted by atomic mass is 32.2. The lowest BCUT2D eigenvalue weighted by Gasteiger charge is -2.36. The zero-order valence-corrected chi connectivity index (χ0v) is 19.9. The number of carbonyl (C=O) groups is 1. The molecule has 2 N–H and O–H groups in total. The zero-order chi connectivity index (χ0) is 23.4. The average Bonchev–Trinajstić information content (AvgIpc) is 3.07. The van der Waals surface area contributed by atoms with Gasteiger partial charge in [-0.1, -0.05) is 24.3 Å². The summed E-state index contributed by atoms with van der Waals surface area (Å²) in [7, 11) is -3.60. The molecular formula is C24H31N5O3S. The van der Waals surface area contributed by atoms with Gasteiger partial charge in [-0.25, -0.2) is 8.42 Å². The van der Waals surface area contributed by atoms with Gasteiger partial charge in [-0.2, -0.15) is 0 Å². The minimum atomic E-state index is -3.60. The van der Waals surface area contributed by atoms with Crippen LogP contribution in [0.4, 0.5) is 5.69 Å². The largest absolute Gasteiger partial charge is 0.369 e. The Morgan fingerprint density at radius 3 is 2.64 bits per heavy atom. The van der Waals surface area contributed by atoms with Crippen LogP contribution in [0.2, 0.25) is 0 Å². The molecule has 1 saturated heterocycles. The summed E-state index contributed by atoms with van der Waals surface area (Å²) in [5.74, 6) is 0.00933. The number of aliphatic imine (C=N–C) groups is 1. The highest BCUT2D eigenvalue weighted by Crippen LogP contribution is 2.22. The summed E-state index contributed by atoms with van der Waals surface area (Å²) in [6.07, 6.45) is 0.856. The molecule has 1 atom stereocenters. The van der Waals surface area contributed by atoms with Crippen molar-refractivity contribution in [2.75, 3.05) is 44.2 Å². The number of benzene rings is 2. The molecule has 2 heterocycles. The predicted molar refractivity (Wildman–Crippen MR) is 130 cm³/mol. The van der Waals surface area contributed by atoms with Crippen LogP contribution in [0.15, 0.2) is 58.4 Å². The van der Waals surface area contributed by atoms with Crippen LogP contribution in [-0.2, 0) is 14.8 Å². The highest BCUT2D eigenvalue weighted by molar-refractivity contribution is 7.90. The number of piperazine rings is 1. The lowest BCUT2D eigenvalue weighted by molar-refractivity contribution is -0.121. The standard InChI is InChI=1S/C24H31N5O3S/c1-18-7-5-8-20(17-18)29-15-13-28(14-16-29)12-6-11-25-24(30)19(2)26-23-21-9-3-4-10-22(21)33(31,32)27-23/h3-5,7-10,17,19H,6,11-16H2,1-2H3,(H,25,30)(H,26,27)/t19-/m0/s1. The lowest BCUT2D eigenvalue weighted by Crippen LogP contribution is -2.47. The fourth-order valence-corrected chi connectivity index (χ4v) is 5.44. The maximum atomic E-state index is 12.5. The van der Waals surface area contributed by atoms with E-state index in [1.165, 1.54) is 17.3 Å². The summed E-state index contributed by atoms with van der Waals surface area (Å²) < 4.78 is 26.8. The molecule has 2 aliphatic rings. The number of nitrogens with one attached hydrogen (secondary N) is 2. The molecule has 0 radical (unpaired) electrons. The Kier molecular flexibility index (Phi) is 6.99. The number of sulfonamides is 1. The molecule has 4 rings (SSSR count). The summed E-state index contributed by atoms with van der Waals surface area (Å²) in [6.45, 7) is 9.29. The van der Waals surface area contributed by atoms with Gasteiger partial charge in [0.2, 0.25) is 5.91 Å². The van der Waals surface area contributed by atoms with E-state index in [-0.39, 0.29) is 16.6 Å². The molecule has 0 unspecified atom stereocenters. The van der Waals surface area contributed by atoms with Crippen molar-refractivity contribution in [1.29, 1.82) is 0 Å². The topological polar surface area (TPSA) is 94.1 Å². The van der Waals surface area contributed by atoms with Gasteiger partial charge < -0.3 is 10.2 Å². The third-order valence-electron chi connectivity index (χ3n) is 6.05. The number of fused-ring (bicyclic) bond motifs is 1. The van der Waals surface area contributed by atoms with Crippen molar-refractivity contribution in [2.24, 2.45) is 4.99 Å². The SMILES string of the molecule is Cc1cccc(N2CCN(CCCNC(=O)[C@H](C)N=C3NS(=O)(=O)c4ccccc43)CC2)c1. The molecule has 2 aliphatic heterocycles. The van der Waals surface area contributed by atoms with Crippen LogP contribution in [0, 0.1) is 6.92 Å². The van der Waals surface area contributed by atoms with Crippen molar-refractivity contribution in [2.45, 2.75) is 31.2 Å². The van der Waals surface area contributed by atoms with E-state index in [0.717, 1.165) is 39.1 Å². The summed E-state index contributed by atoms with van der Waals surface area (Å²) in [6, 6.07) is 14.6. The number of anilines is 1. The second-order valence-electron chi connectivity index (χ2n) is 8.57. The van der Waals surface area contributed by atoms with Gasteiger partial charge in [0, 0.05) is 44.0 Å². The second-order valence-corrected chi connectivity index (χ2v) is 10.2. The number of aryl methyl sites for hydroxylation is 1. The molecule has 0 spiro atoms. The maximum absolute atomic E-state index is 12.5. The summed E-state index contributed by atoms with van der Waals surface area (Å²) in [5, 5.41) is 2.92. The molecular weight excluding hydrogens is 438 g/mol. The highest BCUT2D eigenvalue weighted by Gasteiger charge is 2.31. The number of carbonyl (C=O) groups excluding carboxylic acids is 1. The van der Waals surface area contributed by atoms with Crippen LogP contribution in [-0.4, -0.2) is 70.4 Å². The Bertz CT molecular complexity index is 1140. The van der Waals surface area contributed by atoms with E-state index in [0.29, 0.717) is 12.1 Å². The van der Waals surface area contributed by atoms with Gasteiger partial charge in [0.05, 0.1) is 4.90 Å². The first-order valence-electron chi connectivity index (χ1n) is 11.4. The number of nitrogens with zero attached hydrogens (tertiary/aromatic N) is 3. The van der Waals surface area contributed by atoms with E-state index >= 15 is 0 Å². The molecule has 8 nitrogen and oxygen atoms in total. The minimum Gasteiger partial charge on any atom is -0.369 e. The van der Waals surface area contributed by atoms with Crippen LogP contribution >= 0.6 is 0 Å². The van der Waals surface area contributed by atoms with Gasteiger partial charge in [0.1, 0.15) is 11.9 Å². The molecule has 176 valence electrons. The predicted octanol–water partition coefficient (Wildman–Crippen LogP) is 1.75. The summed E-state index contributed by atoms with van der Waals surface area (Å²) in [5.41, 5.74) is 3.06. The van der Waals surface area contributed by atoms with Gasteiger partial charge in [-0.15, -0.1) is 0 Å². The molecule has 1 amide bonds. The molecule has 0 bridgehead atoms. The molecule has 0 aliphatic carbocycles. The minimum absolute atomic E-state index is 0.193. The van der Waals surface area contributed by atoms with E-state index < -0.39 is 16.1 Å². The third kappa shape index (κ3) is 5.54. The first kappa shape index (κ1) is 23.3. The van der Waals surface area contributed by atoms with Crippen molar-refractivity contribution < 1.29 is 13.2 Å². The molecule has 0 aromatic heterocycles. The normalized spacial score (nSPS) is 19.7. The Labute approximate surface area is 195 Å². The Hall–Kier alpha value is -2.91. The monoisotopic (exact) mass is 469 g/mol. The smallest absolute Gasteiger partial charge is 0.263 e. The molecule has 2 aromatic carbocycles. The first-order chi connectivity index (χ1) is 15.8. The molecule has 33 heavy (non-hydrogen) atoms. The lowest BCUT2D eigenvalue weighted by atomic mass is 10.2. The van der Waals surface area contributed by atoms with Crippen LogP contribution in [0.1, 0.15) is 24.5 Å². The fraction of sp³-hybridized carbons (Fsp3) is 0.417. The fourth-order valence-electron chi connectivity index (χ4n) is 4.20. The molecule has 0 saturated carbocycles. The van der Waals surface area contributed by atoms with Crippen molar-refractivity contribution in [3.05, 3.63) is 59.7 Å². The zero-order valence-electron chi connectivity index (χ0n) is 19.1. The number of hydrogen-bond acceptors (Lipinski definition) is 6. The Balaban J connectivity index is 1.20.